The van der Waals surface area contributed by atoms with Gasteiger partial charge >= 0.3 is 0 Å². The molecule has 8 heteroatoms. The molecule has 1 unspecified atom stereocenters. The minimum atomic E-state index is -0.187. The summed E-state index contributed by atoms with van der Waals surface area (Å²) in [5.41, 5.74) is 10.2. The van der Waals surface area contributed by atoms with Gasteiger partial charge in [0.1, 0.15) is 11.6 Å². The second kappa shape index (κ2) is 6.41. The molecule has 1 amide bonds. The summed E-state index contributed by atoms with van der Waals surface area (Å²) < 4.78 is 5.29. The van der Waals surface area contributed by atoms with Gasteiger partial charge in [0.15, 0.2) is 0 Å². The lowest BCUT2D eigenvalue weighted by atomic mass is 9.91. The molecule has 0 spiro atoms. The van der Waals surface area contributed by atoms with Gasteiger partial charge in [-0.05, 0) is 41.5 Å². The Bertz CT molecular complexity index is 1160. The van der Waals surface area contributed by atoms with Crippen LogP contribution in [0, 0.1) is 0 Å². The van der Waals surface area contributed by atoms with E-state index in [1.807, 2.05) is 18.2 Å². The molecule has 1 aliphatic heterocycles. The largest absolute Gasteiger partial charge is 0.467 e. The summed E-state index contributed by atoms with van der Waals surface area (Å²) in [6.07, 6.45) is 5.06. The number of hydrogen-bond donors (Lipinski definition) is 4. The van der Waals surface area contributed by atoms with Crippen molar-refractivity contribution in [3.05, 3.63) is 71.4 Å². The molecule has 28 heavy (non-hydrogen) atoms. The van der Waals surface area contributed by atoms with Gasteiger partial charge in [0.05, 0.1) is 42.0 Å². The van der Waals surface area contributed by atoms with E-state index >= 15 is 0 Å². The van der Waals surface area contributed by atoms with Crippen molar-refractivity contribution in [3.63, 3.8) is 0 Å². The highest BCUT2D eigenvalue weighted by Gasteiger charge is 2.26. The second-order valence-corrected chi connectivity index (χ2v) is 6.79. The molecule has 4 heterocycles. The Morgan fingerprint density at radius 3 is 3.11 bits per heavy atom. The number of aromatic amines is 1. The summed E-state index contributed by atoms with van der Waals surface area (Å²) in [7, 11) is 0. The van der Waals surface area contributed by atoms with Gasteiger partial charge in [0, 0.05) is 17.8 Å². The number of H-pyrrole nitrogens is 1. The van der Waals surface area contributed by atoms with E-state index in [1.165, 1.54) is 0 Å². The third-order valence-electron chi connectivity index (χ3n) is 5.05. The number of pyridine rings is 1. The third-order valence-corrected chi connectivity index (χ3v) is 5.05. The van der Waals surface area contributed by atoms with Crippen molar-refractivity contribution >= 4 is 28.3 Å². The Morgan fingerprint density at radius 1 is 1.32 bits per heavy atom. The molecule has 5 rings (SSSR count). The van der Waals surface area contributed by atoms with Crippen molar-refractivity contribution < 1.29 is 9.21 Å². The summed E-state index contributed by atoms with van der Waals surface area (Å²) in [6.45, 7) is 1.04. The standard InChI is InChI=1S/C20H18N6O2/c21-18-6-14-16(9-22-17(14)10-23-18)11-4-12-7-25-26-19(12)15(5-11)20(27)24-8-13-2-1-3-28-13/h1-7,10,16,22H,8-9H2,(H2,21,23)(H,24,27)(H,25,26). The zero-order chi connectivity index (χ0) is 19.1. The Morgan fingerprint density at radius 2 is 2.25 bits per heavy atom. The van der Waals surface area contributed by atoms with E-state index in [-0.39, 0.29) is 11.8 Å². The lowest BCUT2D eigenvalue weighted by Crippen LogP contribution is -2.23. The van der Waals surface area contributed by atoms with Crippen LogP contribution in [-0.2, 0) is 6.54 Å². The van der Waals surface area contributed by atoms with Crippen molar-refractivity contribution in [2.45, 2.75) is 12.5 Å². The number of anilines is 2. The lowest BCUT2D eigenvalue weighted by Gasteiger charge is -2.14. The van der Waals surface area contributed by atoms with Crippen LogP contribution in [0.2, 0.25) is 0 Å². The van der Waals surface area contributed by atoms with Crippen LogP contribution in [0.15, 0.2) is 53.4 Å². The summed E-state index contributed by atoms with van der Waals surface area (Å²) in [4.78, 5) is 17.0. The van der Waals surface area contributed by atoms with Crippen molar-refractivity contribution in [2.24, 2.45) is 0 Å². The highest BCUT2D eigenvalue weighted by Crippen LogP contribution is 2.38. The van der Waals surface area contributed by atoms with Crippen LogP contribution in [0.1, 0.15) is 33.2 Å². The number of rotatable bonds is 4. The van der Waals surface area contributed by atoms with E-state index in [4.69, 9.17) is 10.2 Å². The van der Waals surface area contributed by atoms with Gasteiger partial charge in [-0.3, -0.25) is 9.89 Å². The molecule has 140 valence electrons. The number of nitrogen functional groups attached to an aromatic ring is 1. The summed E-state index contributed by atoms with van der Waals surface area (Å²) >= 11 is 0. The topological polar surface area (TPSA) is 122 Å². The van der Waals surface area contributed by atoms with Gasteiger partial charge in [0.2, 0.25) is 0 Å². The molecular formula is C20H18N6O2. The first-order valence-electron chi connectivity index (χ1n) is 8.96. The Labute approximate surface area is 160 Å². The number of amides is 1. The second-order valence-electron chi connectivity index (χ2n) is 6.79. The van der Waals surface area contributed by atoms with Gasteiger partial charge in [0.25, 0.3) is 5.91 Å². The van der Waals surface area contributed by atoms with Crippen LogP contribution >= 0.6 is 0 Å². The SMILES string of the molecule is Nc1cc2c(cn1)NCC2c1cc(C(=O)NCc2ccco2)c2[nH]ncc2c1. The van der Waals surface area contributed by atoms with E-state index < -0.39 is 0 Å². The van der Waals surface area contributed by atoms with Crippen molar-refractivity contribution in [2.75, 3.05) is 17.6 Å². The molecule has 0 saturated carbocycles. The number of furan rings is 1. The Hall–Kier alpha value is -3.81. The maximum atomic E-state index is 12.9. The van der Waals surface area contributed by atoms with Crippen LogP contribution < -0.4 is 16.4 Å². The molecule has 0 fully saturated rings. The predicted octanol–water partition coefficient (Wildman–Crippen LogP) is 2.62. The fourth-order valence-electron chi connectivity index (χ4n) is 3.68. The fraction of sp³-hybridized carbons (Fsp3) is 0.150. The van der Waals surface area contributed by atoms with E-state index in [0.29, 0.717) is 29.2 Å². The molecule has 1 aromatic carbocycles. The number of hydrogen-bond acceptors (Lipinski definition) is 6. The monoisotopic (exact) mass is 374 g/mol. The molecular weight excluding hydrogens is 356 g/mol. The Balaban J connectivity index is 1.52. The normalized spacial score (nSPS) is 15.4. The minimum Gasteiger partial charge on any atom is -0.467 e. The van der Waals surface area contributed by atoms with E-state index in [9.17, 15) is 4.79 Å². The van der Waals surface area contributed by atoms with Crippen LogP contribution in [-0.4, -0.2) is 27.6 Å². The summed E-state index contributed by atoms with van der Waals surface area (Å²) in [5, 5.41) is 14.2. The highest BCUT2D eigenvalue weighted by atomic mass is 16.3. The van der Waals surface area contributed by atoms with Crippen LogP contribution in [0.5, 0.6) is 0 Å². The summed E-state index contributed by atoms with van der Waals surface area (Å²) in [6, 6.07) is 9.47. The molecule has 1 atom stereocenters. The number of benzene rings is 1. The molecule has 5 N–H and O–H groups in total. The van der Waals surface area contributed by atoms with Gasteiger partial charge < -0.3 is 20.8 Å². The first-order valence-corrected chi connectivity index (χ1v) is 8.96. The Kier molecular flexibility index (Phi) is 3.75. The van der Waals surface area contributed by atoms with E-state index in [0.717, 1.165) is 28.7 Å². The molecule has 0 radical (unpaired) electrons. The van der Waals surface area contributed by atoms with Gasteiger partial charge in [-0.2, -0.15) is 5.10 Å². The number of nitrogens with zero attached hydrogens (tertiary/aromatic N) is 2. The van der Waals surface area contributed by atoms with Crippen molar-refractivity contribution in [1.29, 1.82) is 0 Å². The molecule has 0 saturated heterocycles. The van der Waals surface area contributed by atoms with Crippen molar-refractivity contribution in [1.82, 2.24) is 20.5 Å². The number of carbonyl (C=O) groups excluding carboxylic acids is 1. The number of nitrogens with two attached hydrogens (primary N) is 1. The molecule has 0 aliphatic carbocycles. The van der Waals surface area contributed by atoms with Gasteiger partial charge in [-0.25, -0.2) is 4.98 Å². The quantitative estimate of drug-likeness (QED) is 0.436. The molecule has 0 bridgehead atoms. The van der Waals surface area contributed by atoms with Gasteiger partial charge in [-0.1, -0.05) is 0 Å². The average molecular weight is 374 g/mol. The zero-order valence-corrected chi connectivity index (χ0v) is 14.9. The van der Waals surface area contributed by atoms with Crippen LogP contribution in [0.4, 0.5) is 11.5 Å². The maximum Gasteiger partial charge on any atom is 0.253 e. The van der Waals surface area contributed by atoms with Crippen molar-refractivity contribution in [3.8, 4) is 0 Å². The van der Waals surface area contributed by atoms with Gasteiger partial charge in [-0.15, -0.1) is 0 Å². The van der Waals surface area contributed by atoms with E-state index in [2.05, 4.69) is 31.9 Å². The number of fused-ring (bicyclic) bond motifs is 2. The fourth-order valence-corrected chi connectivity index (χ4v) is 3.68. The smallest absolute Gasteiger partial charge is 0.253 e. The highest BCUT2D eigenvalue weighted by molar-refractivity contribution is 6.05. The number of aromatic nitrogens is 3. The molecule has 3 aromatic heterocycles. The zero-order valence-electron chi connectivity index (χ0n) is 14.9. The average Bonchev–Trinajstić information content (AvgIpc) is 3.44. The molecule has 1 aliphatic rings. The first kappa shape index (κ1) is 16.4. The summed E-state index contributed by atoms with van der Waals surface area (Å²) in [5.74, 6) is 1.07. The lowest BCUT2D eigenvalue weighted by molar-refractivity contribution is 0.0949. The number of carbonyl (C=O) groups is 1. The van der Waals surface area contributed by atoms with E-state index in [1.54, 1.807) is 24.7 Å². The van der Waals surface area contributed by atoms with Crippen LogP contribution in [0.25, 0.3) is 10.9 Å². The predicted molar refractivity (Wildman–Crippen MR) is 105 cm³/mol. The minimum absolute atomic E-state index is 0.0798. The van der Waals surface area contributed by atoms with Crippen LogP contribution in [0.3, 0.4) is 0 Å². The molecule has 4 aromatic rings. The maximum absolute atomic E-state index is 12.9. The number of nitrogens with one attached hydrogen (secondary N) is 3. The first-order chi connectivity index (χ1) is 13.7. The molecule has 8 nitrogen and oxygen atoms in total. The third kappa shape index (κ3) is 2.75.